The van der Waals surface area contributed by atoms with E-state index in [0.717, 1.165) is 5.56 Å². The standard InChI is InChI=1S/C14H14O2/c1-4-13(10-11(2)16-12(3)15)14-8-6-5-7-9-14/h1,5-9,13H,2,10H2,3H3. The van der Waals surface area contributed by atoms with Crippen LogP contribution in [0, 0.1) is 12.3 Å². The van der Waals surface area contributed by atoms with Crippen LogP contribution >= 0.6 is 0 Å². The van der Waals surface area contributed by atoms with Crippen molar-refractivity contribution in [1.29, 1.82) is 0 Å². The fourth-order valence-electron chi connectivity index (χ4n) is 1.43. The second kappa shape index (κ2) is 5.77. The number of hydrogen-bond donors (Lipinski definition) is 0. The highest BCUT2D eigenvalue weighted by molar-refractivity contribution is 5.67. The van der Waals surface area contributed by atoms with Crippen LogP contribution in [0.2, 0.25) is 0 Å². The monoisotopic (exact) mass is 214 g/mol. The summed E-state index contributed by atoms with van der Waals surface area (Å²) >= 11 is 0. The van der Waals surface area contributed by atoms with Gasteiger partial charge >= 0.3 is 5.97 Å². The van der Waals surface area contributed by atoms with Crippen LogP contribution in [0.25, 0.3) is 0 Å². The van der Waals surface area contributed by atoms with Crippen LogP contribution in [0.5, 0.6) is 0 Å². The Morgan fingerprint density at radius 1 is 1.50 bits per heavy atom. The van der Waals surface area contributed by atoms with E-state index in [1.54, 1.807) is 0 Å². The van der Waals surface area contributed by atoms with Gasteiger partial charge < -0.3 is 4.74 Å². The molecule has 2 nitrogen and oxygen atoms in total. The molecule has 0 amide bonds. The second-order valence-electron chi connectivity index (χ2n) is 3.47. The van der Waals surface area contributed by atoms with Crippen molar-refractivity contribution in [3.8, 4) is 12.3 Å². The number of esters is 1. The highest BCUT2D eigenvalue weighted by atomic mass is 16.5. The van der Waals surface area contributed by atoms with Crippen molar-refractivity contribution in [2.75, 3.05) is 0 Å². The number of rotatable bonds is 4. The first-order valence-electron chi connectivity index (χ1n) is 5.00. The molecule has 0 fully saturated rings. The maximum Gasteiger partial charge on any atom is 0.307 e. The normalized spacial score (nSPS) is 11.2. The van der Waals surface area contributed by atoms with E-state index in [4.69, 9.17) is 11.2 Å². The molecule has 1 aromatic rings. The molecular weight excluding hydrogens is 200 g/mol. The summed E-state index contributed by atoms with van der Waals surface area (Å²) in [4.78, 5) is 10.7. The van der Waals surface area contributed by atoms with Crippen LogP contribution in [0.4, 0.5) is 0 Å². The summed E-state index contributed by atoms with van der Waals surface area (Å²) < 4.78 is 4.88. The number of ether oxygens (including phenoxy) is 1. The SMILES string of the molecule is C#CC(CC(=C)OC(C)=O)c1ccccc1. The molecule has 0 saturated carbocycles. The number of carbonyl (C=O) groups excluding carboxylic acids is 1. The fourth-order valence-corrected chi connectivity index (χ4v) is 1.43. The molecule has 82 valence electrons. The minimum Gasteiger partial charge on any atom is -0.432 e. The molecule has 0 heterocycles. The van der Waals surface area contributed by atoms with Crippen molar-refractivity contribution < 1.29 is 9.53 Å². The van der Waals surface area contributed by atoms with Crippen LogP contribution in [0.15, 0.2) is 42.7 Å². The van der Waals surface area contributed by atoms with Crippen LogP contribution in [-0.2, 0) is 9.53 Å². The molecule has 16 heavy (non-hydrogen) atoms. The van der Waals surface area contributed by atoms with E-state index in [0.29, 0.717) is 12.2 Å². The maximum atomic E-state index is 10.7. The molecule has 0 aliphatic heterocycles. The average Bonchev–Trinajstić information content (AvgIpc) is 2.26. The van der Waals surface area contributed by atoms with Gasteiger partial charge in [-0.25, -0.2) is 0 Å². The van der Waals surface area contributed by atoms with Gasteiger partial charge in [0, 0.05) is 13.3 Å². The molecule has 0 N–H and O–H groups in total. The molecule has 1 atom stereocenters. The smallest absolute Gasteiger partial charge is 0.307 e. The Morgan fingerprint density at radius 2 is 2.12 bits per heavy atom. The minimum absolute atomic E-state index is 0.104. The molecule has 2 heteroatoms. The van der Waals surface area contributed by atoms with Gasteiger partial charge in [-0.05, 0) is 5.56 Å². The van der Waals surface area contributed by atoms with Gasteiger partial charge in [0.25, 0.3) is 0 Å². The number of carbonyl (C=O) groups is 1. The lowest BCUT2D eigenvalue weighted by Gasteiger charge is -2.12. The number of allylic oxidation sites excluding steroid dienone is 1. The third-order valence-electron chi connectivity index (χ3n) is 2.12. The third kappa shape index (κ3) is 3.62. The van der Waals surface area contributed by atoms with Crippen LogP contribution in [0.3, 0.4) is 0 Å². The zero-order valence-electron chi connectivity index (χ0n) is 9.27. The van der Waals surface area contributed by atoms with Gasteiger partial charge in [0.1, 0.15) is 5.76 Å². The summed E-state index contributed by atoms with van der Waals surface area (Å²) in [5, 5.41) is 0. The Bertz CT molecular complexity index is 412. The summed E-state index contributed by atoms with van der Waals surface area (Å²) in [6, 6.07) is 9.68. The zero-order valence-corrected chi connectivity index (χ0v) is 9.27. The first-order chi connectivity index (χ1) is 7.63. The van der Waals surface area contributed by atoms with Crippen molar-refractivity contribution >= 4 is 5.97 Å². The minimum atomic E-state index is -0.367. The molecule has 1 aromatic carbocycles. The lowest BCUT2D eigenvalue weighted by molar-refractivity contribution is -0.137. The molecule has 0 bridgehead atoms. The number of hydrogen-bond acceptors (Lipinski definition) is 2. The predicted octanol–water partition coefficient (Wildman–Crippen LogP) is 2.87. The van der Waals surface area contributed by atoms with E-state index in [2.05, 4.69) is 12.5 Å². The van der Waals surface area contributed by atoms with Gasteiger partial charge in [0.05, 0.1) is 5.92 Å². The van der Waals surface area contributed by atoms with Gasteiger partial charge in [-0.2, -0.15) is 0 Å². The summed E-state index contributed by atoms with van der Waals surface area (Å²) in [5.74, 6) is 2.60. The largest absolute Gasteiger partial charge is 0.432 e. The van der Waals surface area contributed by atoms with Crippen molar-refractivity contribution in [2.24, 2.45) is 0 Å². The molecule has 1 rings (SSSR count). The van der Waals surface area contributed by atoms with Gasteiger partial charge in [0.15, 0.2) is 0 Å². The van der Waals surface area contributed by atoms with E-state index >= 15 is 0 Å². The lowest BCUT2D eigenvalue weighted by Crippen LogP contribution is -2.03. The highest BCUT2D eigenvalue weighted by Gasteiger charge is 2.11. The second-order valence-corrected chi connectivity index (χ2v) is 3.47. The summed E-state index contributed by atoms with van der Waals surface area (Å²) in [6.07, 6.45) is 5.91. The Balaban J connectivity index is 2.68. The Kier molecular flexibility index (Phi) is 4.35. The zero-order chi connectivity index (χ0) is 12.0. The highest BCUT2D eigenvalue weighted by Crippen LogP contribution is 2.22. The van der Waals surface area contributed by atoms with Crippen molar-refractivity contribution in [2.45, 2.75) is 19.3 Å². The van der Waals surface area contributed by atoms with Crippen LogP contribution in [0.1, 0.15) is 24.8 Å². The molecule has 0 aliphatic rings. The first kappa shape index (κ1) is 12.1. The Morgan fingerprint density at radius 3 is 2.62 bits per heavy atom. The lowest BCUT2D eigenvalue weighted by atomic mass is 9.96. The number of benzene rings is 1. The van der Waals surface area contributed by atoms with E-state index < -0.39 is 0 Å². The molecule has 0 radical (unpaired) electrons. The predicted molar refractivity (Wildman–Crippen MR) is 63.5 cm³/mol. The Hall–Kier alpha value is -2.01. The van der Waals surface area contributed by atoms with Crippen molar-refractivity contribution in [3.05, 3.63) is 48.2 Å². The molecule has 1 unspecified atom stereocenters. The summed E-state index contributed by atoms with van der Waals surface area (Å²) in [6.45, 7) is 5.02. The van der Waals surface area contributed by atoms with Crippen LogP contribution < -0.4 is 0 Å². The van der Waals surface area contributed by atoms with Gasteiger partial charge in [-0.15, -0.1) is 6.42 Å². The van der Waals surface area contributed by atoms with Gasteiger partial charge in [-0.1, -0.05) is 42.8 Å². The van der Waals surface area contributed by atoms with E-state index in [1.807, 2.05) is 30.3 Å². The van der Waals surface area contributed by atoms with E-state index in [9.17, 15) is 4.79 Å². The molecule has 0 aromatic heterocycles. The molecule has 0 saturated heterocycles. The molecule has 0 spiro atoms. The average molecular weight is 214 g/mol. The topological polar surface area (TPSA) is 26.3 Å². The quantitative estimate of drug-likeness (QED) is 0.437. The third-order valence-corrected chi connectivity index (χ3v) is 2.12. The number of terminal acetylenes is 1. The molecular formula is C14H14O2. The van der Waals surface area contributed by atoms with Gasteiger partial charge in [0.2, 0.25) is 0 Å². The summed E-state index contributed by atoms with van der Waals surface area (Å²) in [7, 11) is 0. The van der Waals surface area contributed by atoms with Crippen LogP contribution in [-0.4, -0.2) is 5.97 Å². The fraction of sp³-hybridized carbons (Fsp3) is 0.214. The Labute approximate surface area is 95.9 Å². The van der Waals surface area contributed by atoms with Crippen molar-refractivity contribution in [1.82, 2.24) is 0 Å². The summed E-state index contributed by atoms with van der Waals surface area (Å²) in [5.41, 5.74) is 1.03. The maximum absolute atomic E-state index is 10.7. The van der Waals surface area contributed by atoms with Gasteiger partial charge in [-0.3, -0.25) is 4.79 Å². The van der Waals surface area contributed by atoms with Crippen molar-refractivity contribution in [3.63, 3.8) is 0 Å². The van der Waals surface area contributed by atoms with E-state index in [-0.39, 0.29) is 11.9 Å². The molecule has 0 aliphatic carbocycles. The first-order valence-corrected chi connectivity index (χ1v) is 5.00. The van der Waals surface area contributed by atoms with E-state index in [1.165, 1.54) is 6.92 Å².